The summed E-state index contributed by atoms with van der Waals surface area (Å²) in [6.07, 6.45) is 0.698. The van der Waals surface area contributed by atoms with Gasteiger partial charge in [-0.3, -0.25) is 0 Å². The number of ether oxygens (including phenoxy) is 1. The molecule has 4 rings (SSSR count). The zero-order chi connectivity index (χ0) is 21.3. The van der Waals surface area contributed by atoms with E-state index in [-0.39, 0.29) is 24.6 Å². The Kier molecular flexibility index (Phi) is 6.70. The van der Waals surface area contributed by atoms with E-state index in [1.54, 1.807) is 23.5 Å². The van der Waals surface area contributed by atoms with E-state index in [4.69, 9.17) is 4.74 Å². The number of aliphatic hydroxyl groups is 2. The predicted octanol–water partition coefficient (Wildman–Crippen LogP) is 5.79. The van der Waals surface area contributed by atoms with Crippen LogP contribution in [0, 0.1) is 12.7 Å². The lowest BCUT2D eigenvalue weighted by molar-refractivity contribution is -0.114. The molecule has 0 radical (unpaired) electrons. The molecule has 0 bridgehead atoms. The maximum atomic E-state index is 13.2. The second-order valence-corrected chi connectivity index (χ2v) is 9.83. The summed E-state index contributed by atoms with van der Waals surface area (Å²) in [7, 11) is 0. The van der Waals surface area contributed by atoms with Gasteiger partial charge in [0.25, 0.3) is 0 Å². The highest BCUT2D eigenvalue weighted by atomic mass is 79.9. The van der Waals surface area contributed by atoms with Gasteiger partial charge in [0, 0.05) is 33.5 Å². The first-order chi connectivity index (χ1) is 14.4. The van der Waals surface area contributed by atoms with Crippen molar-refractivity contribution in [2.24, 2.45) is 0 Å². The first-order valence-corrected chi connectivity index (χ1v) is 11.6. The van der Waals surface area contributed by atoms with Crippen LogP contribution in [-0.2, 0) is 11.2 Å². The maximum Gasteiger partial charge on any atom is 0.123 e. The van der Waals surface area contributed by atoms with Crippen LogP contribution < -0.4 is 0 Å². The Bertz CT molecular complexity index is 1020. The SMILES string of the molecule is Cc1cc(Br)c(C2CC(O)CC(CO)O2)cc1Cc1ccc(-c2ccc(F)cc2)s1. The number of hydrogen-bond acceptors (Lipinski definition) is 4. The van der Waals surface area contributed by atoms with Gasteiger partial charge in [0.05, 0.1) is 24.9 Å². The molecule has 1 aliphatic heterocycles. The van der Waals surface area contributed by atoms with E-state index in [0.717, 1.165) is 26.9 Å². The highest BCUT2D eigenvalue weighted by Gasteiger charge is 2.30. The third-order valence-electron chi connectivity index (χ3n) is 5.54. The quantitative estimate of drug-likeness (QED) is 0.475. The van der Waals surface area contributed by atoms with Gasteiger partial charge in [-0.15, -0.1) is 11.3 Å². The van der Waals surface area contributed by atoms with Gasteiger partial charge < -0.3 is 14.9 Å². The number of hydrogen-bond donors (Lipinski definition) is 2. The fraction of sp³-hybridized carbons (Fsp3) is 0.333. The molecule has 1 aromatic heterocycles. The molecule has 1 saturated heterocycles. The molecule has 2 heterocycles. The summed E-state index contributed by atoms with van der Waals surface area (Å²) in [5, 5.41) is 19.7. The molecule has 3 aromatic rings. The summed E-state index contributed by atoms with van der Waals surface area (Å²) in [5.41, 5.74) is 4.39. The van der Waals surface area contributed by atoms with E-state index in [0.29, 0.717) is 12.8 Å². The van der Waals surface area contributed by atoms with Gasteiger partial charge in [0.2, 0.25) is 0 Å². The molecule has 3 atom stereocenters. The predicted molar refractivity (Wildman–Crippen MR) is 121 cm³/mol. The minimum atomic E-state index is -0.479. The Balaban J connectivity index is 1.58. The Hall–Kier alpha value is -1.57. The average molecular weight is 491 g/mol. The molecular formula is C24H24BrFO3S. The highest BCUT2D eigenvalue weighted by molar-refractivity contribution is 9.10. The van der Waals surface area contributed by atoms with Crippen LogP contribution in [0.2, 0.25) is 0 Å². The second-order valence-electron chi connectivity index (χ2n) is 7.80. The van der Waals surface area contributed by atoms with Crippen molar-refractivity contribution in [3.05, 3.63) is 80.4 Å². The van der Waals surface area contributed by atoms with Crippen LogP contribution in [0.3, 0.4) is 0 Å². The molecule has 3 nitrogen and oxygen atoms in total. The van der Waals surface area contributed by atoms with Gasteiger partial charge >= 0.3 is 0 Å². The molecule has 2 aromatic carbocycles. The standard InChI is InChI=1S/C24H24BrFO3S/c1-14-8-22(25)21(23-12-18(28)11-19(13-27)29-23)10-16(14)9-20-6-7-24(30-20)15-2-4-17(26)5-3-15/h2-8,10,18-19,23,27-28H,9,11-13H2,1H3. The lowest BCUT2D eigenvalue weighted by Crippen LogP contribution is -2.33. The third kappa shape index (κ3) is 4.84. The van der Waals surface area contributed by atoms with Crippen LogP contribution in [0.25, 0.3) is 10.4 Å². The van der Waals surface area contributed by atoms with Gasteiger partial charge in [0.1, 0.15) is 5.82 Å². The molecule has 0 amide bonds. The number of aliphatic hydroxyl groups excluding tert-OH is 2. The zero-order valence-electron chi connectivity index (χ0n) is 16.6. The molecule has 1 aliphatic rings. The van der Waals surface area contributed by atoms with Crippen molar-refractivity contribution in [1.29, 1.82) is 0 Å². The average Bonchev–Trinajstić information content (AvgIpc) is 3.18. The maximum absolute atomic E-state index is 13.2. The Morgan fingerprint density at radius 1 is 1.13 bits per heavy atom. The lowest BCUT2D eigenvalue weighted by atomic mass is 9.93. The van der Waals surface area contributed by atoms with Crippen LogP contribution in [0.5, 0.6) is 0 Å². The topological polar surface area (TPSA) is 49.7 Å². The van der Waals surface area contributed by atoms with Gasteiger partial charge in [-0.25, -0.2) is 4.39 Å². The molecule has 1 fully saturated rings. The first kappa shape index (κ1) is 21.7. The minimum Gasteiger partial charge on any atom is -0.394 e. The second kappa shape index (κ2) is 9.28. The van der Waals surface area contributed by atoms with Crippen molar-refractivity contribution in [2.75, 3.05) is 6.61 Å². The summed E-state index contributed by atoms with van der Waals surface area (Å²) in [4.78, 5) is 2.34. The van der Waals surface area contributed by atoms with Crippen molar-refractivity contribution < 1.29 is 19.3 Å². The zero-order valence-corrected chi connectivity index (χ0v) is 19.0. The minimum absolute atomic E-state index is 0.0920. The largest absolute Gasteiger partial charge is 0.394 e. The molecule has 158 valence electrons. The number of benzene rings is 2. The van der Waals surface area contributed by atoms with Crippen molar-refractivity contribution in [3.63, 3.8) is 0 Å². The van der Waals surface area contributed by atoms with Crippen LogP contribution in [0.15, 0.2) is 53.0 Å². The molecule has 6 heteroatoms. The van der Waals surface area contributed by atoms with Gasteiger partial charge in [-0.1, -0.05) is 34.1 Å². The van der Waals surface area contributed by atoms with E-state index in [1.165, 1.54) is 28.1 Å². The van der Waals surface area contributed by atoms with E-state index < -0.39 is 6.10 Å². The number of aryl methyl sites for hydroxylation is 1. The summed E-state index contributed by atoms with van der Waals surface area (Å²) in [6, 6.07) is 15.0. The molecule has 3 unspecified atom stereocenters. The van der Waals surface area contributed by atoms with E-state index in [1.807, 2.05) is 0 Å². The van der Waals surface area contributed by atoms with Crippen LogP contribution in [0.1, 0.15) is 40.5 Å². The Morgan fingerprint density at radius 2 is 1.90 bits per heavy atom. The van der Waals surface area contributed by atoms with Crippen molar-refractivity contribution in [1.82, 2.24) is 0 Å². The molecular weight excluding hydrogens is 467 g/mol. The Morgan fingerprint density at radius 3 is 2.63 bits per heavy atom. The summed E-state index contributed by atoms with van der Waals surface area (Å²) < 4.78 is 20.2. The van der Waals surface area contributed by atoms with E-state index in [9.17, 15) is 14.6 Å². The third-order valence-corrected chi connectivity index (χ3v) is 7.36. The van der Waals surface area contributed by atoms with E-state index >= 15 is 0 Å². The van der Waals surface area contributed by atoms with Crippen LogP contribution in [-0.4, -0.2) is 29.0 Å². The molecule has 2 N–H and O–H groups in total. The Labute approximate surface area is 188 Å². The summed E-state index contributed by atoms with van der Waals surface area (Å²) in [5.74, 6) is -0.230. The van der Waals surface area contributed by atoms with Crippen LogP contribution in [0.4, 0.5) is 4.39 Å². The van der Waals surface area contributed by atoms with Crippen molar-refractivity contribution in [3.8, 4) is 10.4 Å². The molecule has 30 heavy (non-hydrogen) atoms. The molecule has 0 saturated carbocycles. The molecule has 0 aliphatic carbocycles. The fourth-order valence-corrected chi connectivity index (χ4v) is 5.66. The first-order valence-electron chi connectivity index (χ1n) is 10.0. The lowest BCUT2D eigenvalue weighted by Gasteiger charge is -2.33. The van der Waals surface area contributed by atoms with Gasteiger partial charge in [-0.2, -0.15) is 0 Å². The van der Waals surface area contributed by atoms with Crippen LogP contribution >= 0.6 is 27.3 Å². The smallest absolute Gasteiger partial charge is 0.123 e. The molecule has 0 spiro atoms. The fourth-order valence-electron chi connectivity index (χ4n) is 3.91. The monoisotopic (exact) mass is 490 g/mol. The number of thiophene rings is 1. The van der Waals surface area contributed by atoms with Gasteiger partial charge in [0.15, 0.2) is 0 Å². The van der Waals surface area contributed by atoms with Crippen molar-refractivity contribution in [2.45, 2.75) is 44.5 Å². The van der Waals surface area contributed by atoms with Crippen molar-refractivity contribution >= 4 is 27.3 Å². The summed E-state index contributed by atoms with van der Waals surface area (Å²) >= 11 is 5.36. The highest BCUT2D eigenvalue weighted by Crippen LogP contribution is 2.38. The number of rotatable bonds is 5. The van der Waals surface area contributed by atoms with E-state index in [2.05, 4.69) is 47.1 Å². The normalized spacial score (nSPS) is 21.7. The number of halogens is 2. The summed E-state index contributed by atoms with van der Waals surface area (Å²) in [6.45, 7) is 2.00. The van der Waals surface area contributed by atoms with Gasteiger partial charge in [-0.05, 0) is 59.5 Å².